The fourth-order valence-corrected chi connectivity index (χ4v) is 5.01. The van der Waals surface area contributed by atoms with E-state index >= 15 is 0 Å². The Kier molecular flexibility index (Phi) is 7.34. The van der Waals surface area contributed by atoms with Gasteiger partial charge in [0.05, 0.1) is 22.6 Å². The number of hydrogen-bond acceptors (Lipinski definition) is 4. The van der Waals surface area contributed by atoms with E-state index in [2.05, 4.69) is 15.3 Å². The van der Waals surface area contributed by atoms with Crippen LogP contribution in [0.2, 0.25) is 5.02 Å². The normalized spacial score (nSPS) is 11.8. The molecule has 5 aromatic rings. The SMILES string of the molecule is CCC[C@@H](NC(=O)c1ccc(-c2c(Cl)cccc2-c2nc3ccc(O)cc3[nH]2)c(C(=O)O)c1)c1ccccc1. The van der Waals surface area contributed by atoms with Crippen molar-refractivity contribution < 1.29 is 19.8 Å². The number of fused-ring (bicyclic) bond motifs is 1. The smallest absolute Gasteiger partial charge is 0.336 e. The van der Waals surface area contributed by atoms with E-state index in [0.29, 0.717) is 38.6 Å². The van der Waals surface area contributed by atoms with Gasteiger partial charge >= 0.3 is 5.97 Å². The number of carboxylic acid groups (broad SMARTS) is 1. The summed E-state index contributed by atoms with van der Waals surface area (Å²) < 4.78 is 0. The van der Waals surface area contributed by atoms with E-state index in [0.717, 1.165) is 18.4 Å². The Labute approximate surface area is 230 Å². The van der Waals surface area contributed by atoms with Crippen LogP contribution in [0.15, 0.2) is 84.9 Å². The molecule has 0 unspecified atom stereocenters. The van der Waals surface area contributed by atoms with Gasteiger partial charge in [0, 0.05) is 27.8 Å². The summed E-state index contributed by atoms with van der Waals surface area (Å²) in [4.78, 5) is 33.5. The molecule has 7 nitrogen and oxygen atoms in total. The highest BCUT2D eigenvalue weighted by atomic mass is 35.5. The van der Waals surface area contributed by atoms with Crippen molar-refractivity contribution in [2.75, 3.05) is 0 Å². The maximum absolute atomic E-state index is 13.2. The van der Waals surface area contributed by atoms with Crippen molar-refractivity contribution in [3.63, 3.8) is 0 Å². The van der Waals surface area contributed by atoms with Crippen LogP contribution in [0.5, 0.6) is 5.75 Å². The zero-order chi connectivity index (χ0) is 27.5. The van der Waals surface area contributed by atoms with E-state index in [-0.39, 0.29) is 28.8 Å². The van der Waals surface area contributed by atoms with Crippen LogP contribution in [0, 0.1) is 0 Å². The number of rotatable bonds is 8. The third-order valence-electron chi connectivity index (χ3n) is 6.60. The molecule has 1 heterocycles. The van der Waals surface area contributed by atoms with Crippen LogP contribution in [0.3, 0.4) is 0 Å². The number of aromatic carboxylic acids is 1. The molecule has 0 saturated heterocycles. The minimum absolute atomic E-state index is 0.0579. The van der Waals surface area contributed by atoms with Crippen LogP contribution < -0.4 is 5.32 Å². The van der Waals surface area contributed by atoms with E-state index in [1.54, 1.807) is 48.5 Å². The Bertz CT molecular complexity index is 1680. The number of halogens is 1. The van der Waals surface area contributed by atoms with Gasteiger partial charge in [-0.15, -0.1) is 0 Å². The zero-order valence-corrected chi connectivity index (χ0v) is 21.9. The Morgan fingerprint density at radius 1 is 0.974 bits per heavy atom. The van der Waals surface area contributed by atoms with Crippen LogP contribution in [0.1, 0.15) is 52.1 Å². The molecular formula is C31H26ClN3O4. The number of aromatic nitrogens is 2. The Morgan fingerprint density at radius 3 is 2.51 bits per heavy atom. The number of nitrogens with one attached hydrogen (secondary N) is 2. The highest BCUT2D eigenvalue weighted by Gasteiger charge is 2.23. The Balaban J connectivity index is 1.55. The predicted molar refractivity (Wildman–Crippen MR) is 152 cm³/mol. The molecule has 4 aromatic carbocycles. The summed E-state index contributed by atoms with van der Waals surface area (Å²) >= 11 is 6.63. The molecule has 39 heavy (non-hydrogen) atoms. The second-order valence-electron chi connectivity index (χ2n) is 9.24. The van der Waals surface area contributed by atoms with Crippen LogP contribution in [0.4, 0.5) is 0 Å². The van der Waals surface area contributed by atoms with E-state index in [1.807, 2.05) is 37.3 Å². The molecule has 0 bridgehead atoms. The topological polar surface area (TPSA) is 115 Å². The first kappa shape index (κ1) is 26.0. The van der Waals surface area contributed by atoms with Gasteiger partial charge in [0.1, 0.15) is 11.6 Å². The molecule has 5 rings (SSSR count). The highest BCUT2D eigenvalue weighted by Crippen LogP contribution is 2.39. The van der Waals surface area contributed by atoms with Crippen LogP contribution >= 0.6 is 11.6 Å². The number of H-pyrrole nitrogens is 1. The minimum atomic E-state index is -1.19. The second kappa shape index (κ2) is 11.0. The molecule has 8 heteroatoms. The summed E-state index contributed by atoms with van der Waals surface area (Å²) in [6.07, 6.45) is 1.62. The van der Waals surface area contributed by atoms with Crippen LogP contribution in [-0.4, -0.2) is 32.1 Å². The highest BCUT2D eigenvalue weighted by molar-refractivity contribution is 6.34. The molecule has 1 atom stereocenters. The molecule has 0 aliphatic carbocycles. The van der Waals surface area contributed by atoms with Crippen molar-refractivity contribution in [2.24, 2.45) is 0 Å². The van der Waals surface area contributed by atoms with Crippen molar-refractivity contribution in [1.82, 2.24) is 15.3 Å². The first-order valence-electron chi connectivity index (χ1n) is 12.6. The molecule has 196 valence electrons. The first-order valence-corrected chi connectivity index (χ1v) is 12.9. The summed E-state index contributed by atoms with van der Waals surface area (Å²) in [6, 6.07) is 24.1. The largest absolute Gasteiger partial charge is 0.508 e. The van der Waals surface area contributed by atoms with Crippen molar-refractivity contribution in [2.45, 2.75) is 25.8 Å². The number of carbonyl (C=O) groups excluding carboxylic acids is 1. The number of nitrogens with zero attached hydrogens (tertiary/aromatic N) is 1. The predicted octanol–water partition coefficient (Wildman–Crippen LogP) is 7.23. The van der Waals surface area contributed by atoms with Crippen molar-refractivity contribution in [3.05, 3.63) is 107 Å². The van der Waals surface area contributed by atoms with Gasteiger partial charge in [-0.3, -0.25) is 4.79 Å². The maximum Gasteiger partial charge on any atom is 0.336 e. The number of phenols is 1. The monoisotopic (exact) mass is 539 g/mol. The molecule has 4 N–H and O–H groups in total. The summed E-state index contributed by atoms with van der Waals surface area (Å²) in [6.45, 7) is 2.05. The van der Waals surface area contributed by atoms with E-state index in [4.69, 9.17) is 11.6 Å². The quantitative estimate of drug-likeness (QED) is 0.166. The summed E-state index contributed by atoms with van der Waals surface area (Å²) in [7, 11) is 0. The van der Waals surface area contributed by atoms with Crippen LogP contribution in [-0.2, 0) is 0 Å². The number of carbonyl (C=O) groups is 2. The number of aromatic hydroxyl groups is 1. The van der Waals surface area contributed by atoms with Gasteiger partial charge in [-0.25, -0.2) is 9.78 Å². The molecule has 0 spiro atoms. The number of benzene rings is 4. The maximum atomic E-state index is 13.2. The fraction of sp³-hybridized carbons (Fsp3) is 0.129. The molecule has 0 aliphatic rings. The standard InChI is InChI=1S/C31H26ClN3O4/c1-2-7-25(18-8-4-3-5-9-18)35-30(37)19-12-14-21(23(16-19)31(38)39)28-22(10-6-11-24(28)32)29-33-26-15-13-20(36)17-27(26)34-29/h3-6,8-17,25,36H,2,7H2,1H3,(H,33,34)(H,35,37)(H,38,39)/t25-/m1/s1. The summed E-state index contributed by atoms with van der Waals surface area (Å²) in [5.74, 6) is -0.980. The molecule has 1 aromatic heterocycles. The number of carboxylic acids is 1. The van der Waals surface area contributed by atoms with E-state index < -0.39 is 5.97 Å². The minimum Gasteiger partial charge on any atom is -0.508 e. The van der Waals surface area contributed by atoms with Crippen molar-refractivity contribution in [3.8, 4) is 28.3 Å². The number of amides is 1. The summed E-state index contributed by atoms with van der Waals surface area (Å²) in [5.41, 5.74) is 3.85. The van der Waals surface area contributed by atoms with E-state index in [1.165, 1.54) is 6.07 Å². The number of aromatic amines is 1. The van der Waals surface area contributed by atoms with Crippen molar-refractivity contribution in [1.29, 1.82) is 0 Å². The summed E-state index contributed by atoms with van der Waals surface area (Å²) in [5, 5.41) is 23.4. The van der Waals surface area contributed by atoms with Crippen molar-refractivity contribution >= 4 is 34.5 Å². The zero-order valence-electron chi connectivity index (χ0n) is 21.1. The number of imidazole rings is 1. The van der Waals surface area contributed by atoms with Gasteiger partial charge in [0.25, 0.3) is 5.91 Å². The average Bonchev–Trinajstić information content (AvgIpc) is 3.36. The molecule has 1 amide bonds. The fourth-order valence-electron chi connectivity index (χ4n) is 4.74. The number of hydrogen-bond donors (Lipinski definition) is 4. The lowest BCUT2D eigenvalue weighted by molar-refractivity contribution is 0.0697. The number of phenolic OH excluding ortho intramolecular Hbond substituents is 1. The van der Waals surface area contributed by atoms with Gasteiger partial charge < -0.3 is 20.5 Å². The van der Waals surface area contributed by atoms with Gasteiger partial charge in [-0.05, 0) is 47.9 Å². The first-order chi connectivity index (χ1) is 18.9. The van der Waals surface area contributed by atoms with Gasteiger partial charge in [-0.1, -0.05) is 73.5 Å². The third kappa shape index (κ3) is 5.35. The molecule has 0 saturated carbocycles. The average molecular weight is 540 g/mol. The molecule has 0 radical (unpaired) electrons. The van der Waals surface area contributed by atoms with Crippen LogP contribution in [0.25, 0.3) is 33.5 Å². The van der Waals surface area contributed by atoms with Gasteiger partial charge in [0.15, 0.2) is 0 Å². The Hall–Kier alpha value is -4.62. The molecular weight excluding hydrogens is 514 g/mol. The van der Waals surface area contributed by atoms with Gasteiger partial charge in [0.2, 0.25) is 0 Å². The van der Waals surface area contributed by atoms with E-state index in [9.17, 15) is 19.8 Å². The Morgan fingerprint density at radius 2 is 1.77 bits per heavy atom. The molecule has 0 fully saturated rings. The third-order valence-corrected chi connectivity index (χ3v) is 6.92. The lowest BCUT2D eigenvalue weighted by Gasteiger charge is -2.19. The molecule has 0 aliphatic heterocycles. The lowest BCUT2D eigenvalue weighted by Crippen LogP contribution is -2.28. The second-order valence-corrected chi connectivity index (χ2v) is 9.65. The lowest BCUT2D eigenvalue weighted by atomic mass is 9.93. The van der Waals surface area contributed by atoms with Gasteiger partial charge in [-0.2, -0.15) is 0 Å².